The van der Waals surface area contributed by atoms with E-state index in [0.29, 0.717) is 17.5 Å². The molecular formula is C51H31N5O. The monoisotopic (exact) mass is 729 g/mol. The van der Waals surface area contributed by atoms with Crippen LogP contribution in [0.3, 0.4) is 0 Å². The number of hydrogen-bond donors (Lipinski definition) is 0. The van der Waals surface area contributed by atoms with Crippen molar-refractivity contribution in [2.75, 3.05) is 0 Å². The SMILES string of the molecule is c1cccc(-n2c3ccccc3c3cccc(-n4c5c(c6cccc(-c7nc(-c8ccccc8)nc(-c8cccc9c8oc8ccccc89)n7)c64)C=CCC5)c32)c#1. The van der Waals surface area contributed by atoms with Gasteiger partial charge in [-0.05, 0) is 61.4 Å². The maximum atomic E-state index is 6.53. The molecular weight excluding hydrogens is 699 g/mol. The third kappa shape index (κ3) is 4.76. The van der Waals surface area contributed by atoms with Gasteiger partial charge in [0.05, 0.1) is 33.5 Å². The zero-order chi connectivity index (χ0) is 37.5. The van der Waals surface area contributed by atoms with Crippen LogP contribution in [0.15, 0.2) is 162 Å². The Morgan fingerprint density at radius 1 is 0.544 bits per heavy atom. The van der Waals surface area contributed by atoms with Gasteiger partial charge in [-0.15, -0.1) is 0 Å². The van der Waals surface area contributed by atoms with Crippen molar-refractivity contribution in [2.45, 2.75) is 12.8 Å². The summed E-state index contributed by atoms with van der Waals surface area (Å²) in [5, 5.41) is 5.60. The summed E-state index contributed by atoms with van der Waals surface area (Å²) in [4.78, 5) is 15.8. The van der Waals surface area contributed by atoms with Crippen LogP contribution in [0.25, 0.3) is 106 Å². The van der Waals surface area contributed by atoms with Crippen LogP contribution in [0.1, 0.15) is 17.7 Å². The summed E-state index contributed by atoms with van der Waals surface area (Å²) in [7, 11) is 0. The molecule has 266 valence electrons. The predicted molar refractivity (Wildman–Crippen MR) is 230 cm³/mol. The highest BCUT2D eigenvalue weighted by Crippen LogP contribution is 2.43. The fourth-order valence-corrected chi connectivity index (χ4v) is 8.88. The van der Waals surface area contributed by atoms with Gasteiger partial charge in [-0.2, -0.15) is 0 Å². The first-order valence-electron chi connectivity index (χ1n) is 19.3. The summed E-state index contributed by atoms with van der Waals surface area (Å²) in [6.07, 6.45) is 6.42. The molecule has 0 saturated heterocycles. The summed E-state index contributed by atoms with van der Waals surface area (Å²) in [6.45, 7) is 0. The van der Waals surface area contributed by atoms with Gasteiger partial charge < -0.3 is 8.98 Å². The van der Waals surface area contributed by atoms with Crippen molar-refractivity contribution in [3.05, 3.63) is 181 Å². The highest BCUT2D eigenvalue weighted by Gasteiger charge is 2.26. The standard InChI is InChI=1S/C51H31N5O/c1-3-16-32(17-4-1)49-52-50(54-51(53-49)41-27-14-25-39-36-22-9-12-31-45(36)57-48(39)41)40-26-13-23-37-34-20-8-11-29-43(34)56(46(37)40)44-30-15-24-38-35-21-7-10-28-42(35)55(47(38)44)33-18-5-2-6-19-33/h1-5,7-10,12-18,20-28,30-31H,11,29H2. The van der Waals surface area contributed by atoms with Crippen LogP contribution in [-0.4, -0.2) is 24.1 Å². The van der Waals surface area contributed by atoms with Gasteiger partial charge >= 0.3 is 0 Å². The summed E-state index contributed by atoms with van der Waals surface area (Å²) in [5.41, 5.74) is 12.0. The molecule has 0 saturated carbocycles. The van der Waals surface area contributed by atoms with E-state index in [-0.39, 0.29) is 0 Å². The van der Waals surface area contributed by atoms with Crippen molar-refractivity contribution >= 4 is 60.7 Å². The van der Waals surface area contributed by atoms with Crippen LogP contribution in [-0.2, 0) is 6.42 Å². The lowest BCUT2D eigenvalue weighted by atomic mass is 10.0. The number of para-hydroxylation sites is 5. The average Bonchev–Trinajstić information content (AvgIpc) is 3.95. The van der Waals surface area contributed by atoms with Gasteiger partial charge in [-0.25, -0.2) is 15.0 Å². The van der Waals surface area contributed by atoms with Crippen molar-refractivity contribution in [3.63, 3.8) is 0 Å². The molecule has 11 aromatic rings. The molecule has 6 heteroatoms. The Morgan fingerprint density at radius 2 is 1.26 bits per heavy atom. The molecule has 1 aliphatic carbocycles. The van der Waals surface area contributed by atoms with Gasteiger partial charge in [0.2, 0.25) is 0 Å². The predicted octanol–water partition coefficient (Wildman–Crippen LogP) is 12.4. The Labute approximate surface area is 327 Å². The van der Waals surface area contributed by atoms with E-state index < -0.39 is 0 Å². The van der Waals surface area contributed by atoms with Crippen molar-refractivity contribution in [1.29, 1.82) is 0 Å². The van der Waals surface area contributed by atoms with Crippen molar-refractivity contribution in [1.82, 2.24) is 24.1 Å². The van der Waals surface area contributed by atoms with Crippen molar-refractivity contribution in [3.8, 4) is 45.5 Å². The Hall–Kier alpha value is -7.75. The van der Waals surface area contributed by atoms with E-state index in [4.69, 9.17) is 19.4 Å². The number of aromatic nitrogens is 5. The number of allylic oxidation sites excluding steroid dienone is 1. The average molecular weight is 730 g/mol. The molecule has 1 aliphatic rings. The number of fused-ring (bicyclic) bond motifs is 9. The van der Waals surface area contributed by atoms with E-state index >= 15 is 0 Å². The number of benzene rings is 6. The minimum absolute atomic E-state index is 0.557. The fraction of sp³-hybridized carbons (Fsp3) is 0.0392. The maximum absolute atomic E-state index is 6.53. The van der Waals surface area contributed by atoms with E-state index in [1.54, 1.807) is 0 Å². The van der Waals surface area contributed by atoms with E-state index in [9.17, 15) is 0 Å². The summed E-state index contributed by atoms with van der Waals surface area (Å²) in [6, 6.07) is 58.9. The highest BCUT2D eigenvalue weighted by atomic mass is 16.3. The van der Waals surface area contributed by atoms with Gasteiger partial charge in [0.15, 0.2) is 17.5 Å². The molecule has 0 aliphatic heterocycles. The molecule has 7 aromatic carbocycles. The van der Waals surface area contributed by atoms with Gasteiger partial charge in [-0.3, -0.25) is 4.57 Å². The van der Waals surface area contributed by atoms with Crippen molar-refractivity contribution < 1.29 is 4.42 Å². The first-order valence-corrected chi connectivity index (χ1v) is 19.3. The fourth-order valence-electron chi connectivity index (χ4n) is 8.88. The van der Waals surface area contributed by atoms with Crippen molar-refractivity contribution in [2.24, 2.45) is 0 Å². The second-order valence-corrected chi connectivity index (χ2v) is 14.5. The lowest BCUT2D eigenvalue weighted by Crippen LogP contribution is -2.07. The first-order chi connectivity index (χ1) is 28.3. The highest BCUT2D eigenvalue weighted by molar-refractivity contribution is 6.13. The number of rotatable bonds is 5. The van der Waals surface area contributed by atoms with Gasteiger partial charge in [0.1, 0.15) is 11.2 Å². The second-order valence-electron chi connectivity index (χ2n) is 14.5. The molecule has 0 fully saturated rings. The van der Waals surface area contributed by atoms with E-state index in [1.165, 1.54) is 22.0 Å². The largest absolute Gasteiger partial charge is 0.455 e. The van der Waals surface area contributed by atoms with Gasteiger partial charge in [0, 0.05) is 49.3 Å². The molecule has 6 nitrogen and oxygen atoms in total. The molecule has 0 unspecified atom stereocenters. The molecule has 12 rings (SSSR count). The quantitative estimate of drug-likeness (QED) is 0.177. The third-order valence-electron chi connectivity index (χ3n) is 11.3. The lowest BCUT2D eigenvalue weighted by molar-refractivity contribution is 0.669. The lowest BCUT2D eigenvalue weighted by Gasteiger charge is -2.17. The molecule has 0 amide bonds. The number of furan rings is 1. The normalized spacial score (nSPS) is 12.6. The van der Waals surface area contributed by atoms with E-state index in [2.05, 4.69) is 130 Å². The Bertz CT molecular complexity index is 3410. The second kappa shape index (κ2) is 12.4. The van der Waals surface area contributed by atoms with Crippen LogP contribution in [0.4, 0.5) is 0 Å². The zero-order valence-corrected chi connectivity index (χ0v) is 30.6. The number of hydrogen-bond acceptors (Lipinski definition) is 4. The maximum Gasteiger partial charge on any atom is 0.167 e. The summed E-state index contributed by atoms with van der Waals surface area (Å²) < 4.78 is 11.3. The molecule has 0 radical (unpaired) electrons. The summed E-state index contributed by atoms with van der Waals surface area (Å²) in [5.74, 6) is 1.75. The Kier molecular flexibility index (Phi) is 6.86. The van der Waals surface area contributed by atoms with Gasteiger partial charge in [-0.1, -0.05) is 127 Å². The van der Waals surface area contributed by atoms with Crippen LogP contribution in [0.2, 0.25) is 0 Å². The van der Waals surface area contributed by atoms with Crippen LogP contribution in [0.5, 0.6) is 0 Å². The van der Waals surface area contributed by atoms with E-state index in [1.807, 2.05) is 54.6 Å². The smallest absolute Gasteiger partial charge is 0.167 e. The Balaban J connectivity index is 1.18. The molecule has 0 spiro atoms. The number of nitrogens with zero attached hydrogens (tertiary/aromatic N) is 5. The molecule has 4 aromatic heterocycles. The van der Waals surface area contributed by atoms with E-state index in [0.717, 1.165) is 84.8 Å². The minimum atomic E-state index is 0.557. The molecule has 0 bridgehead atoms. The van der Waals surface area contributed by atoms with Crippen LogP contribution in [0, 0.1) is 12.1 Å². The summed E-state index contributed by atoms with van der Waals surface area (Å²) >= 11 is 0. The molecule has 57 heavy (non-hydrogen) atoms. The van der Waals surface area contributed by atoms with Gasteiger partial charge in [0.25, 0.3) is 0 Å². The molecule has 4 heterocycles. The topological polar surface area (TPSA) is 61.7 Å². The third-order valence-corrected chi connectivity index (χ3v) is 11.3. The minimum Gasteiger partial charge on any atom is -0.455 e. The molecule has 0 N–H and O–H groups in total. The Morgan fingerprint density at radius 3 is 2.14 bits per heavy atom. The zero-order valence-electron chi connectivity index (χ0n) is 30.6. The van der Waals surface area contributed by atoms with Crippen LogP contribution >= 0.6 is 0 Å². The first kappa shape index (κ1) is 31.6. The van der Waals surface area contributed by atoms with Crippen LogP contribution < -0.4 is 0 Å². The molecule has 0 atom stereocenters.